The molecule has 4 aromatic rings. The van der Waals surface area contributed by atoms with Gasteiger partial charge in [0, 0.05) is 42.0 Å². The van der Waals surface area contributed by atoms with Crippen LogP contribution in [0.25, 0.3) is 22.6 Å². The molecule has 1 aliphatic heterocycles. The molecule has 0 saturated carbocycles. The van der Waals surface area contributed by atoms with Gasteiger partial charge in [-0.05, 0) is 73.9 Å². The Hall–Kier alpha value is -4.51. The van der Waals surface area contributed by atoms with Crippen molar-refractivity contribution in [3.63, 3.8) is 0 Å². The Balaban J connectivity index is 1.32. The van der Waals surface area contributed by atoms with Gasteiger partial charge in [0.15, 0.2) is 10.7 Å². The van der Waals surface area contributed by atoms with Crippen LogP contribution in [0.4, 0.5) is 17.1 Å². The van der Waals surface area contributed by atoms with Gasteiger partial charge >= 0.3 is 0 Å². The van der Waals surface area contributed by atoms with Crippen molar-refractivity contribution in [1.82, 2.24) is 10.3 Å². The number of oxazole rings is 1. The van der Waals surface area contributed by atoms with E-state index in [4.69, 9.17) is 21.4 Å². The first kappa shape index (κ1) is 25.2. The lowest BCUT2D eigenvalue weighted by Gasteiger charge is -2.18. The van der Waals surface area contributed by atoms with Crippen LogP contribution in [0.1, 0.15) is 28.8 Å². The van der Waals surface area contributed by atoms with E-state index in [1.807, 2.05) is 30.0 Å². The predicted molar refractivity (Wildman–Crippen MR) is 149 cm³/mol. The molecule has 194 valence electrons. The smallest absolute Gasteiger partial charge is 0.293 e. The number of nitrogens with zero attached hydrogens (tertiary/aromatic N) is 3. The number of ether oxygens (including phenoxy) is 1. The van der Waals surface area contributed by atoms with Crippen molar-refractivity contribution >= 4 is 51.4 Å². The van der Waals surface area contributed by atoms with Crippen LogP contribution < -0.4 is 20.3 Å². The van der Waals surface area contributed by atoms with Crippen molar-refractivity contribution < 1.29 is 18.9 Å². The standard InChI is InChI=1S/C27H25N5O5S/c1-16-5-6-18(26-28-21-15-19(36-2)8-10-24(21)37-26)13-20(16)29-27(38)30-25(33)17-7-9-22(23(14-17)32(34)35)31-11-3-4-12-31/h5-10,13-15H,3-4,11-12H2,1-2H3,(H2,29,30,33,38). The number of carbonyl (C=O) groups is 1. The number of thiocarbonyl (C=S) groups is 1. The minimum Gasteiger partial charge on any atom is -0.497 e. The Bertz CT molecular complexity index is 1560. The van der Waals surface area contributed by atoms with Crippen LogP contribution in [0.15, 0.2) is 59.0 Å². The van der Waals surface area contributed by atoms with Gasteiger partial charge in [0.2, 0.25) is 5.89 Å². The molecule has 2 N–H and O–H groups in total. The molecule has 0 radical (unpaired) electrons. The minimum atomic E-state index is -0.541. The van der Waals surface area contributed by atoms with Crippen molar-refractivity contribution in [2.45, 2.75) is 19.8 Å². The van der Waals surface area contributed by atoms with Crippen LogP contribution in [0.5, 0.6) is 5.75 Å². The highest BCUT2D eigenvalue weighted by molar-refractivity contribution is 7.80. The summed E-state index contributed by atoms with van der Waals surface area (Å²) in [5, 5.41) is 17.4. The van der Waals surface area contributed by atoms with E-state index in [2.05, 4.69) is 15.6 Å². The third kappa shape index (κ3) is 5.14. The van der Waals surface area contributed by atoms with E-state index < -0.39 is 10.8 Å². The van der Waals surface area contributed by atoms with Gasteiger partial charge in [0.25, 0.3) is 11.6 Å². The third-order valence-corrected chi connectivity index (χ3v) is 6.64. The Morgan fingerprint density at radius 3 is 2.66 bits per heavy atom. The highest BCUT2D eigenvalue weighted by atomic mass is 32.1. The average molecular weight is 532 g/mol. The predicted octanol–water partition coefficient (Wildman–Crippen LogP) is 5.45. The lowest BCUT2D eigenvalue weighted by atomic mass is 10.1. The number of hydrogen-bond donors (Lipinski definition) is 2. The first-order valence-electron chi connectivity index (χ1n) is 12.0. The SMILES string of the molecule is COc1ccc2oc(-c3ccc(C)c(NC(=S)NC(=O)c4ccc(N5CCCC5)c([N+](=O)[O-])c4)c3)nc2c1. The molecule has 11 heteroatoms. The molecule has 5 rings (SSSR count). The molecule has 1 saturated heterocycles. The first-order valence-corrected chi connectivity index (χ1v) is 12.4. The second-order valence-electron chi connectivity index (χ2n) is 8.95. The van der Waals surface area contributed by atoms with Crippen LogP contribution in [0, 0.1) is 17.0 Å². The van der Waals surface area contributed by atoms with Crippen LogP contribution in [0.3, 0.4) is 0 Å². The monoisotopic (exact) mass is 531 g/mol. The fourth-order valence-electron chi connectivity index (χ4n) is 4.41. The van der Waals surface area contributed by atoms with Crippen LogP contribution in [-0.2, 0) is 0 Å². The molecule has 1 fully saturated rings. The second kappa shape index (κ2) is 10.5. The maximum Gasteiger partial charge on any atom is 0.293 e. The second-order valence-corrected chi connectivity index (χ2v) is 9.35. The molecule has 0 bridgehead atoms. The topological polar surface area (TPSA) is 123 Å². The van der Waals surface area contributed by atoms with Crippen LogP contribution in [-0.4, -0.2) is 41.1 Å². The Kier molecular flexibility index (Phi) is 6.93. The first-order chi connectivity index (χ1) is 18.3. The summed E-state index contributed by atoms with van der Waals surface area (Å²) >= 11 is 5.37. The molecule has 2 heterocycles. The van der Waals surface area contributed by atoms with Gasteiger partial charge < -0.3 is 19.4 Å². The number of fused-ring (bicyclic) bond motifs is 1. The summed E-state index contributed by atoms with van der Waals surface area (Å²) in [6.07, 6.45) is 1.97. The number of nitro groups is 1. The molecular weight excluding hydrogens is 506 g/mol. The van der Waals surface area contributed by atoms with Crippen LogP contribution >= 0.6 is 12.2 Å². The molecule has 0 spiro atoms. The Morgan fingerprint density at radius 1 is 1.13 bits per heavy atom. The number of nitrogens with one attached hydrogen (secondary N) is 2. The molecular formula is C27H25N5O5S. The Labute approximate surface area is 223 Å². The van der Waals surface area contributed by atoms with E-state index in [1.54, 1.807) is 37.4 Å². The summed E-state index contributed by atoms with van der Waals surface area (Å²) < 4.78 is 11.1. The number of carbonyl (C=O) groups excluding carboxylic acids is 1. The lowest BCUT2D eigenvalue weighted by Crippen LogP contribution is -2.34. The van der Waals surface area contributed by atoms with Gasteiger partial charge in [-0.1, -0.05) is 6.07 Å². The summed E-state index contributed by atoms with van der Waals surface area (Å²) in [5.41, 5.74) is 4.13. The largest absolute Gasteiger partial charge is 0.497 e. The number of rotatable bonds is 6. The van der Waals surface area contributed by atoms with Gasteiger partial charge in [0.1, 0.15) is 17.0 Å². The van der Waals surface area contributed by atoms with Gasteiger partial charge in [-0.3, -0.25) is 20.2 Å². The van der Waals surface area contributed by atoms with Gasteiger partial charge in [-0.25, -0.2) is 4.98 Å². The summed E-state index contributed by atoms with van der Waals surface area (Å²) in [4.78, 5) is 30.6. The summed E-state index contributed by atoms with van der Waals surface area (Å²) in [5.74, 6) is 0.567. The lowest BCUT2D eigenvalue weighted by molar-refractivity contribution is -0.384. The van der Waals surface area contributed by atoms with E-state index in [1.165, 1.54) is 6.07 Å². The average Bonchev–Trinajstić information content (AvgIpc) is 3.59. The molecule has 0 aliphatic carbocycles. The molecule has 1 aliphatic rings. The summed E-state index contributed by atoms with van der Waals surface area (Å²) in [6.45, 7) is 3.42. The zero-order chi connectivity index (χ0) is 26.8. The van der Waals surface area contributed by atoms with Gasteiger partial charge in [0.05, 0.1) is 12.0 Å². The number of nitro benzene ring substituents is 1. The van der Waals surface area contributed by atoms with E-state index >= 15 is 0 Å². The number of amides is 1. The number of anilines is 2. The number of methoxy groups -OCH3 is 1. The molecule has 38 heavy (non-hydrogen) atoms. The van der Waals surface area contributed by atoms with E-state index in [0.29, 0.717) is 34.1 Å². The summed E-state index contributed by atoms with van der Waals surface area (Å²) in [6, 6.07) is 15.5. The number of benzene rings is 3. The highest BCUT2D eigenvalue weighted by Crippen LogP contribution is 2.32. The fraction of sp³-hybridized carbons (Fsp3) is 0.222. The van der Waals surface area contributed by atoms with Gasteiger partial charge in [-0.2, -0.15) is 0 Å². The molecule has 1 aromatic heterocycles. The Morgan fingerprint density at radius 2 is 1.92 bits per heavy atom. The van der Waals surface area contributed by atoms with E-state index in [9.17, 15) is 14.9 Å². The quantitative estimate of drug-likeness (QED) is 0.190. The van der Waals surface area contributed by atoms with E-state index in [-0.39, 0.29) is 16.4 Å². The molecule has 0 atom stereocenters. The zero-order valence-electron chi connectivity index (χ0n) is 20.8. The van der Waals surface area contributed by atoms with E-state index in [0.717, 1.165) is 37.1 Å². The fourth-order valence-corrected chi connectivity index (χ4v) is 4.62. The van der Waals surface area contributed by atoms with Crippen molar-refractivity contribution in [1.29, 1.82) is 0 Å². The zero-order valence-corrected chi connectivity index (χ0v) is 21.6. The molecule has 1 amide bonds. The van der Waals surface area contributed by atoms with Crippen molar-refractivity contribution in [2.24, 2.45) is 0 Å². The molecule has 3 aromatic carbocycles. The maximum absolute atomic E-state index is 12.9. The normalized spacial score (nSPS) is 12.9. The maximum atomic E-state index is 12.9. The number of aromatic nitrogens is 1. The van der Waals surface area contributed by atoms with Gasteiger partial charge in [-0.15, -0.1) is 0 Å². The van der Waals surface area contributed by atoms with Crippen molar-refractivity contribution in [3.05, 3.63) is 75.8 Å². The molecule has 0 unspecified atom stereocenters. The summed E-state index contributed by atoms with van der Waals surface area (Å²) in [7, 11) is 1.59. The van der Waals surface area contributed by atoms with Crippen LogP contribution in [0.2, 0.25) is 0 Å². The third-order valence-electron chi connectivity index (χ3n) is 6.44. The van der Waals surface area contributed by atoms with Crippen molar-refractivity contribution in [2.75, 3.05) is 30.4 Å². The number of hydrogen-bond acceptors (Lipinski definition) is 8. The van der Waals surface area contributed by atoms with Crippen molar-refractivity contribution in [3.8, 4) is 17.2 Å². The highest BCUT2D eigenvalue weighted by Gasteiger charge is 2.24. The minimum absolute atomic E-state index is 0.0591. The molecule has 10 nitrogen and oxygen atoms in total. The number of aryl methyl sites for hydroxylation is 1.